The average molecular weight is 559 g/mol. The largest absolute Gasteiger partial charge is 0.481 e. The normalized spacial score (nSPS) is 11.4. The van der Waals surface area contributed by atoms with E-state index in [2.05, 4.69) is 10.1 Å². The molecule has 0 aliphatic rings. The van der Waals surface area contributed by atoms with Crippen molar-refractivity contribution in [1.29, 1.82) is 0 Å². The van der Waals surface area contributed by atoms with Gasteiger partial charge in [0.05, 0.1) is 7.11 Å². The molecule has 0 radical (unpaired) electrons. The Kier molecular flexibility index (Phi) is 10.0. The van der Waals surface area contributed by atoms with E-state index in [9.17, 15) is 23.2 Å². The van der Waals surface area contributed by atoms with Gasteiger partial charge in [-0.05, 0) is 23.1 Å². The summed E-state index contributed by atoms with van der Waals surface area (Å²) in [4.78, 5) is 33.3. The van der Waals surface area contributed by atoms with E-state index in [0.717, 1.165) is 16.7 Å². The second-order valence-corrected chi connectivity index (χ2v) is 10.9. The third-order valence-electron chi connectivity index (χ3n) is 4.92. The molecule has 190 valence electrons. The Hall–Kier alpha value is -3.85. The van der Waals surface area contributed by atoms with Crippen LogP contribution >= 0.6 is 0 Å². The molecule has 1 atom stereocenters. The van der Waals surface area contributed by atoms with Crippen molar-refractivity contribution in [3.63, 3.8) is 0 Å². The number of phenolic OH excluding ortho intramolecular Hbond substituents is 1. The summed E-state index contributed by atoms with van der Waals surface area (Å²) < 4.78 is 33.3. The molecule has 3 rings (SSSR count). The molecule has 0 heterocycles. The summed E-state index contributed by atoms with van der Waals surface area (Å²) in [6.07, 6.45) is 0.122. The predicted octanol–water partition coefficient (Wildman–Crippen LogP) is 1.68. The first kappa shape index (κ1) is 28.4. The minimum absolute atomic E-state index is 0.122. The molecule has 3 aromatic carbocycles. The van der Waals surface area contributed by atoms with Crippen LogP contribution in [0.15, 0.2) is 72.8 Å². The minimum atomic E-state index is -5.14. The third kappa shape index (κ3) is 8.12. The molecule has 0 bridgehead atoms. The number of hydrogen-bond donors (Lipinski definition) is 5. The Morgan fingerprint density at radius 1 is 0.917 bits per heavy atom. The van der Waals surface area contributed by atoms with Crippen LogP contribution in [0.25, 0.3) is 11.1 Å². The summed E-state index contributed by atoms with van der Waals surface area (Å²) in [6, 6.07) is 21.1. The van der Waals surface area contributed by atoms with Gasteiger partial charge in [0.25, 0.3) is 0 Å². The van der Waals surface area contributed by atoms with Gasteiger partial charge in [-0.1, -0.05) is 54.6 Å². The van der Waals surface area contributed by atoms with Crippen LogP contribution in [0.2, 0.25) is 0 Å². The van der Waals surface area contributed by atoms with Crippen molar-refractivity contribution in [3.05, 3.63) is 78.4 Å². The third-order valence-corrected chi connectivity index (χ3v) is 7.02. The zero-order valence-corrected chi connectivity index (χ0v) is 21.4. The van der Waals surface area contributed by atoms with Crippen molar-refractivity contribution in [2.75, 3.05) is 12.4 Å². The molecule has 36 heavy (non-hydrogen) atoms. The van der Waals surface area contributed by atoms with Gasteiger partial charge >= 0.3 is 100 Å². The van der Waals surface area contributed by atoms with Gasteiger partial charge in [0.15, 0.2) is 5.92 Å². The van der Waals surface area contributed by atoms with Gasteiger partial charge in [-0.2, -0.15) is 0 Å². The molecule has 0 aliphatic heterocycles. The standard InChI is InChI=1S/C17H16O4.C8H10AsNO5/c1-21-17(20)15(16(18)19)11-12-7-9-14(10-8-12)13-5-3-2-4-6-13;1-5(11)10-8-6(9(13,14)15)3-2-4-7(8)12/h2-10,15H,11H2,1H3,(H,18,19);2-4,12H,1H3,(H,10,11)(H2,13,14,15). The van der Waals surface area contributed by atoms with Gasteiger partial charge in [0.2, 0.25) is 0 Å². The predicted molar refractivity (Wildman–Crippen MR) is 132 cm³/mol. The van der Waals surface area contributed by atoms with Crippen LogP contribution in [0.4, 0.5) is 5.69 Å². The number of hydrogen-bond acceptors (Lipinski definition) is 6. The fourth-order valence-corrected chi connectivity index (χ4v) is 4.75. The van der Waals surface area contributed by atoms with E-state index in [1.165, 1.54) is 32.2 Å². The molecule has 0 saturated carbocycles. The molecule has 0 spiro atoms. The SMILES string of the molecule is CC(=O)Nc1c(O)cccc1[As](=O)(O)O.COC(=O)C(Cc1ccc(-c2ccccc2)cc1)C(=O)O. The van der Waals surface area contributed by atoms with Crippen molar-refractivity contribution in [3.8, 4) is 16.9 Å². The number of carbonyl (C=O) groups excluding carboxylic acids is 2. The quantitative estimate of drug-likeness (QED) is 0.125. The molecule has 0 fully saturated rings. The van der Waals surface area contributed by atoms with E-state index in [1.807, 2.05) is 54.6 Å². The maximum Gasteiger partial charge on any atom is 0.320 e. The zero-order valence-electron chi connectivity index (χ0n) is 19.5. The Morgan fingerprint density at radius 3 is 2.00 bits per heavy atom. The number of esters is 1. The van der Waals surface area contributed by atoms with Gasteiger partial charge < -0.3 is 9.84 Å². The molecule has 0 saturated heterocycles. The van der Waals surface area contributed by atoms with E-state index in [0.29, 0.717) is 0 Å². The van der Waals surface area contributed by atoms with Crippen molar-refractivity contribution in [2.45, 2.75) is 13.3 Å². The van der Waals surface area contributed by atoms with E-state index in [-0.39, 0.29) is 22.2 Å². The maximum absolute atomic E-state index is 11.4. The molecular weight excluding hydrogens is 533 g/mol. The number of rotatable bonds is 7. The van der Waals surface area contributed by atoms with Crippen LogP contribution < -0.4 is 9.67 Å². The van der Waals surface area contributed by atoms with Crippen LogP contribution in [0, 0.1) is 5.92 Å². The van der Waals surface area contributed by atoms with Crippen LogP contribution in [-0.2, 0) is 29.3 Å². The summed E-state index contributed by atoms with van der Waals surface area (Å²) in [5, 5.41) is 20.6. The number of phenols is 1. The Labute approximate surface area is 210 Å². The van der Waals surface area contributed by atoms with E-state index < -0.39 is 37.9 Å². The Bertz CT molecular complexity index is 1250. The molecule has 3 aromatic rings. The fourth-order valence-electron chi connectivity index (χ4n) is 3.19. The molecule has 0 aromatic heterocycles. The number of para-hydroxylation sites is 1. The van der Waals surface area contributed by atoms with Gasteiger partial charge in [-0.25, -0.2) is 0 Å². The summed E-state index contributed by atoms with van der Waals surface area (Å²) >= 11 is -5.14. The second kappa shape index (κ2) is 12.7. The second-order valence-electron chi connectivity index (χ2n) is 7.58. The zero-order chi connectivity index (χ0) is 26.9. The number of benzene rings is 3. The van der Waals surface area contributed by atoms with E-state index in [1.54, 1.807) is 0 Å². The molecule has 5 N–H and O–H groups in total. The summed E-state index contributed by atoms with van der Waals surface area (Å²) in [6.45, 7) is 1.18. The first-order chi connectivity index (χ1) is 16.9. The number of aliphatic carboxylic acids is 1. The number of nitrogens with one attached hydrogen (secondary N) is 1. The fraction of sp³-hybridized carbons (Fsp3) is 0.160. The monoisotopic (exact) mass is 559 g/mol. The topological polar surface area (TPSA) is 170 Å². The number of carboxylic acid groups (broad SMARTS) is 1. The number of carbonyl (C=O) groups is 3. The van der Waals surface area contributed by atoms with Crippen molar-refractivity contribution >= 4 is 42.1 Å². The maximum atomic E-state index is 11.4. The first-order valence-electron chi connectivity index (χ1n) is 10.5. The number of aromatic hydroxyl groups is 1. The van der Waals surface area contributed by atoms with Gasteiger partial charge in [-0.15, -0.1) is 0 Å². The summed E-state index contributed by atoms with van der Waals surface area (Å²) in [5.41, 5.74) is 2.70. The van der Waals surface area contributed by atoms with Crippen molar-refractivity contribution in [2.24, 2.45) is 5.92 Å². The number of ether oxygens (including phenoxy) is 1. The molecule has 0 aliphatic carbocycles. The Morgan fingerprint density at radius 2 is 1.50 bits per heavy atom. The number of methoxy groups -OCH3 is 1. The van der Waals surface area contributed by atoms with Crippen molar-refractivity contribution in [1.82, 2.24) is 0 Å². The smallest absolute Gasteiger partial charge is 0.320 e. The summed E-state index contributed by atoms with van der Waals surface area (Å²) in [7, 11) is 1.19. The molecule has 11 heteroatoms. The first-order valence-corrected chi connectivity index (χ1v) is 13.9. The number of amides is 1. The molecule has 1 amide bonds. The summed E-state index contributed by atoms with van der Waals surface area (Å²) in [5.74, 6) is -3.95. The van der Waals surface area contributed by atoms with E-state index >= 15 is 0 Å². The van der Waals surface area contributed by atoms with Crippen LogP contribution in [0.1, 0.15) is 12.5 Å². The van der Waals surface area contributed by atoms with Crippen LogP contribution in [0.5, 0.6) is 5.75 Å². The van der Waals surface area contributed by atoms with Gasteiger partial charge in [-0.3, -0.25) is 9.59 Å². The molecule has 1 unspecified atom stereocenters. The van der Waals surface area contributed by atoms with Crippen LogP contribution in [-0.4, -0.2) is 57.5 Å². The van der Waals surface area contributed by atoms with Crippen LogP contribution in [0.3, 0.4) is 0 Å². The van der Waals surface area contributed by atoms with Crippen molar-refractivity contribution < 1.29 is 41.3 Å². The van der Waals surface area contributed by atoms with Gasteiger partial charge in [0.1, 0.15) is 0 Å². The van der Waals surface area contributed by atoms with Gasteiger partial charge in [0, 0.05) is 0 Å². The molecule has 10 nitrogen and oxygen atoms in total. The number of carboxylic acids is 1. The average Bonchev–Trinajstić information content (AvgIpc) is 2.83. The van der Waals surface area contributed by atoms with E-state index in [4.69, 9.17) is 13.3 Å². The molecular formula is C25H26AsNO9. The number of anilines is 1. The Balaban J connectivity index is 0.000000269. The minimum Gasteiger partial charge on any atom is -0.481 e.